The molecule has 84 valence electrons. The highest BCUT2D eigenvalue weighted by Gasteiger charge is 2.11. The molecule has 0 N–H and O–H groups in total. The van der Waals surface area contributed by atoms with Crippen LogP contribution in [-0.4, -0.2) is 14.6 Å². The van der Waals surface area contributed by atoms with Crippen LogP contribution in [0, 0.1) is 6.92 Å². The topological polar surface area (TPSA) is 30.2 Å². The molecule has 2 aromatic heterocycles. The number of pyridine rings is 1. The highest BCUT2D eigenvalue weighted by Crippen LogP contribution is 2.26. The van der Waals surface area contributed by atoms with Crippen molar-refractivity contribution in [1.82, 2.24) is 14.6 Å². The lowest BCUT2D eigenvalue weighted by Crippen LogP contribution is -1.94. The van der Waals surface area contributed by atoms with Gasteiger partial charge in [-0.05, 0) is 31.2 Å². The van der Waals surface area contributed by atoms with E-state index in [1.807, 2.05) is 53.8 Å². The summed E-state index contributed by atoms with van der Waals surface area (Å²) >= 11 is 6.19. The Morgan fingerprint density at radius 1 is 1.00 bits per heavy atom. The van der Waals surface area contributed by atoms with Crippen LogP contribution in [0.3, 0.4) is 0 Å². The molecule has 1 aromatic carbocycles. The fraction of sp³-hybridized carbons (Fsp3) is 0.0769. The predicted molar refractivity (Wildman–Crippen MR) is 68.2 cm³/mol. The fourth-order valence-corrected chi connectivity index (χ4v) is 2.14. The number of benzene rings is 1. The third-order valence-electron chi connectivity index (χ3n) is 2.74. The molecular formula is C13H10ClN3. The Bertz CT molecular complexity index is 688. The van der Waals surface area contributed by atoms with E-state index in [9.17, 15) is 0 Å². The van der Waals surface area contributed by atoms with Gasteiger partial charge in [0, 0.05) is 11.3 Å². The molecule has 0 aliphatic rings. The van der Waals surface area contributed by atoms with Crippen LogP contribution >= 0.6 is 11.6 Å². The second-order valence-corrected chi connectivity index (χ2v) is 4.27. The summed E-state index contributed by atoms with van der Waals surface area (Å²) in [6, 6.07) is 13.6. The number of hydrogen-bond acceptors (Lipinski definition) is 2. The maximum absolute atomic E-state index is 6.19. The Hall–Kier alpha value is -1.87. The van der Waals surface area contributed by atoms with Gasteiger partial charge in [0.15, 0.2) is 11.5 Å². The number of nitrogens with zero attached hydrogens (tertiary/aromatic N) is 3. The third kappa shape index (κ3) is 1.59. The molecule has 3 nitrogen and oxygen atoms in total. The first-order valence-electron chi connectivity index (χ1n) is 5.33. The van der Waals surface area contributed by atoms with Gasteiger partial charge in [0.05, 0.1) is 5.02 Å². The molecule has 0 unspecified atom stereocenters. The Kier molecular flexibility index (Phi) is 2.34. The second-order valence-electron chi connectivity index (χ2n) is 3.86. The molecule has 0 radical (unpaired) electrons. The molecule has 2 heterocycles. The lowest BCUT2D eigenvalue weighted by Gasteiger charge is -2.04. The van der Waals surface area contributed by atoms with E-state index in [0.717, 1.165) is 22.7 Å². The van der Waals surface area contributed by atoms with Gasteiger partial charge < -0.3 is 0 Å². The van der Waals surface area contributed by atoms with Gasteiger partial charge in [0.25, 0.3) is 0 Å². The Labute approximate surface area is 104 Å². The summed E-state index contributed by atoms with van der Waals surface area (Å²) in [7, 11) is 0. The van der Waals surface area contributed by atoms with Gasteiger partial charge in [0.1, 0.15) is 0 Å². The van der Waals surface area contributed by atoms with Crippen LogP contribution in [-0.2, 0) is 0 Å². The van der Waals surface area contributed by atoms with E-state index < -0.39 is 0 Å². The smallest absolute Gasteiger partial charge is 0.170 e. The highest BCUT2D eigenvalue weighted by atomic mass is 35.5. The van der Waals surface area contributed by atoms with Gasteiger partial charge in [-0.15, -0.1) is 10.2 Å². The van der Waals surface area contributed by atoms with Crippen molar-refractivity contribution in [3.05, 3.63) is 53.2 Å². The number of halogens is 1. The van der Waals surface area contributed by atoms with E-state index in [0.29, 0.717) is 5.02 Å². The van der Waals surface area contributed by atoms with Crippen LogP contribution < -0.4 is 0 Å². The minimum absolute atomic E-state index is 0.685. The number of rotatable bonds is 1. The molecule has 3 rings (SSSR count). The molecule has 0 aliphatic heterocycles. The monoisotopic (exact) mass is 243 g/mol. The zero-order valence-corrected chi connectivity index (χ0v) is 10.0. The molecule has 17 heavy (non-hydrogen) atoms. The highest BCUT2D eigenvalue weighted by molar-refractivity contribution is 6.33. The van der Waals surface area contributed by atoms with E-state index in [1.165, 1.54) is 0 Å². The van der Waals surface area contributed by atoms with Crippen LogP contribution in [0.2, 0.25) is 5.02 Å². The summed E-state index contributed by atoms with van der Waals surface area (Å²) in [5.41, 5.74) is 2.82. The van der Waals surface area contributed by atoms with E-state index in [1.54, 1.807) is 0 Å². The van der Waals surface area contributed by atoms with Crippen molar-refractivity contribution >= 4 is 17.2 Å². The molecule has 4 heteroatoms. The van der Waals surface area contributed by atoms with Crippen molar-refractivity contribution < 1.29 is 0 Å². The van der Waals surface area contributed by atoms with Crippen molar-refractivity contribution in [1.29, 1.82) is 0 Å². The molecule has 0 saturated heterocycles. The third-order valence-corrected chi connectivity index (χ3v) is 3.07. The number of aromatic nitrogens is 3. The average Bonchev–Trinajstić information content (AvgIpc) is 2.75. The molecule has 0 amide bonds. The predicted octanol–water partition coefficient (Wildman–Crippen LogP) is 3.36. The quantitative estimate of drug-likeness (QED) is 0.656. The normalized spacial score (nSPS) is 10.9. The lowest BCUT2D eigenvalue weighted by molar-refractivity contribution is 1.08. The van der Waals surface area contributed by atoms with Crippen LogP contribution in [0.4, 0.5) is 0 Å². The first-order chi connectivity index (χ1) is 8.27. The molecule has 0 saturated carbocycles. The zero-order chi connectivity index (χ0) is 11.8. The van der Waals surface area contributed by atoms with Crippen LogP contribution in [0.15, 0.2) is 42.5 Å². The molecule has 0 spiro atoms. The molecule has 0 atom stereocenters. The Morgan fingerprint density at radius 3 is 2.65 bits per heavy atom. The van der Waals surface area contributed by atoms with Gasteiger partial charge in [-0.3, -0.25) is 4.40 Å². The standard InChI is InChI=1S/C13H10ClN3/c1-9-5-4-8-12-15-16-13(17(9)12)10-6-2-3-7-11(10)14/h2-8H,1H3. The van der Waals surface area contributed by atoms with Crippen molar-refractivity contribution in [2.24, 2.45) is 0 Å². The maximum Gasteiger partial charge on any atom is 0.170 e. The largest absolute Gasteiger partial charge is 0.280 e. The van der Waals surface area contributed by atoms with E-state index in [4.69, 9.17) is 11.6 Å². The fourth-order valence-electron chi connectivity index (χ4n) is 1.92. The number of aryl methyl sites for hydroxylation is 1. The Morgan fingerprint density at radius 2 is 1.82 bits per heavy atom. The molecule has 0 fully saturated rings. The first kappa shape index (κ1) is 10.3. The van der Waals surface area contributed by atoms with E-state index in [2.05, 4.69) is 10.2 Å². The average molecular weight is 244 g/mol. The SMILES string of the molecule is Cc1cccc2nnc(-c3ccccc3Cl)n12. The summed E-state index contributed by atoms with van der Waals surface area (Å²) in [4.78, 5) is 0. The summed E-state index contributed by atoms with van der Waals surface area (Å²) in [6.45, 7) is 2.02. The van der Waals surface area contributed by atoms with Gasteiger partial charge in [-0.2, -0.15) is 0 Å². The van der Waals surface area contributed by atoms with Crippen molar-refractivity contribution in [3.8, 4) is 11.4 Å². The summed E-state index contributed by atoms with van der Waals surface area (Å²) < 4.78 is 2.00. The minimum Gasteiger partial charge on any atom is -0.280 e. The minimum atomic E-state index is 0.685. The summed E-state index contributed by atoms with van der Waals surface area (Å²) in [5, 5.41) is 9.05. The van der Waals surface area contributed by atoms with Crippen molar-refractivity contribution in [3.63, 3.8) is 0 Å². The van der Waals surface area contributed by atoms with E-state index >= 15 is 0 Å². The molecule has 3 aromatic rings. The number of fused-ring (bicyclic) bond motifs is 1. The zero-order valence-electron chi connectivity index (χ0n) is 9.26. The Balaban J connectivity index is 2.36. The van der Waals surface area contributed by atoms with Crippen molar-refractivity contribution in [2.75, 3.05) is 0 Å². The molecular weight excluding hydrogens is 234 g/mol. The molecule has 0 aliphatic carbocycles. The van der Waals surface area contributed by atoms with Crippen LogP contribution in [0.1, 0.15) is 5.69 Å². The lowest BCUT2D eigenvalue weighted by atomic mass is 10.2. The van der Waals surface area contributed by atoms with Crippen LogP contribution in [0.25, 0.3) is 17.0 Å². The summed E-state index contributed by atoms with van der Waals surface area (Å²) in [5.74, 6) is 0.781. The van der Waals surface area contributed by atoms with Gasteiger partial charge in [-0.25, -0.2) is 0 Å². The van der Waals surface area contributed by atoms with Crippen LogP contribution in [0.5, 0.6) is 0 Å². The first-order valence-corrected chi connectivity index (χ1v) is 5.71. The van der Waals surface area contributed by atoms with E-state index in [-0.39, 0.29) is 0 Å². The van der Waals surface area contributed by atoms with Gasteiger partial charge >= 0.3 is 0 Å². The van der Waals surface area contributed by atoms with Crippen molar-refractivity contribution in [2.45, 2.75) is 6.92 Å². The summed E-state index contributed by atoms with van der Waals surface area (Å²) in [6.07, 6.45) is 0. The molecule has 0 bridgehead atoms. The van der Waals surface area contributed by atoms with Gasteiger partial charge in [-0.1, -0.05) is 29.8 Å². The maximum atomic E-state index is 6.19. The second kappa shape index (κ2) is 3.86. The number of hydrogen-bond donors (Lipinski definition) is 0. The van der Waals surface area contributed by atoms with Gasteiger partial charge in [0.2, 0.25) is 0 Å².